The van der Waals surface area contributed by atoms with Gasteiger partial charge in [0.15, 0.2) is 0 Å². The number of H-pyrrole nitrogens is 1. The van der Waals surface area contributed by atoms with Gasteiger partial charge in [0.05, 0.1) is 0 Å². The molecule has 96 valence electrons. The molecule has 0 saturated heterocycles. The number of hydrogen-bond donors (Lipinski definition) is 1. The monoisotopic (exact) mass is 253 g/mol. The normalized spacial score (nSPS) is 11.4. The van der Waals surface area contributed by atoms with E-state index in [-0.39, 0.29) is 5.82 Å². The highest BCUT2D eigenvalue weighted by Crippen LogP contribution is 2.26. The molecule has 0 unspecified atom stereocenters. The Bertz CT molecular complexity index is 708. The molecular weight excluding hydrogens is 237 g/mol. The summed E-state index contributed by atoms with van der Waals surface area (Å²) >= 11 is 0. The fraction of sp³-hybridized carbons (Fsp3) is 0.176. The SMILES string of the molecule is CC(C)c1ccc(-c2cc3cc(F)ccc3[nH]2)cc1. The molecule has 0 aliphatic heterocycles. The van der Waals surface area contributed by atoms with Gasteiger partial charge in [-0.15, -0.1) is 0 Å². The lowest BCUT2D eigenvalue weighted by atomic mass is 10.0. The van der Waals surface area contributed by atoms with Crippen LogP contribution in [0.3, 0.4) is 0 Å². The smallest absolute Gasteiger partial charge is 0.123 e. The molecule has 1 N–H and O–H groups in total. The number of aromatic amines is 1. The maximum Gasteiger partial charge on any atom is 0.123 e. The lowest BCUT2D eigenvalue weighted by Gasteiger charge is -2.05. The fourth-order valence-electron chi connectivity index (χ4n) is 2.31. The predicted octanol–water partition coefficient (Wildman–Crippen LogP) is 5.10. The summed E-state index contributed by atoms with van der Waals surface area (Å²) < 4.78 is 13.2. The van der Waals surface area contributed by atoms with Crippen LogP contribution in [-0.2, 0) is 0 Å². The van der Waals surface area contributed by atoms with Gasteiger partial charge >= 0.3 is 0 Å². The first kappa shape index (κ1) is 12.0. The molecule has 1 nitrogen and oxygen atoms in total. The summed E-state index contributed by atoms with van der Waals surface area (Å²) in [5.74, 6) is 0.332. The molecule has 0 saturated carbocycles. The molecule has 0 radical (unpaired) electrons. The van der Waals surface area contributed by atoms with Crippen molar-refractivity contribution in [1.29, 1.82) is 0 Å². The van der Waals surface area contributed by atoms with Gasteiger partial charge < -0.3 is 4.98 Å². The summed E-state index contributed by atoms with van der Waals surface area (Å²) in [6.07, 6.45) is 0. The van der Waals surface area contributed by atoms with Crippen LogP contribution in [0.4, 0.5) is 4.39 Å². The van der Waals surface area contributed by atoms with Crippen molar-refractivity contribution >= 4 is 10.9 Å². The molecule has 0 spiro atoms. The number of hydrogen-bond acceptors (Lipinski definition) is 0. The zero-order valence-electron chi connectivity index (χ0n) is 11.1. The molecule has 0 aliphatic rings. The molecule has 0 fully saturated rings. The summed E-state index contributed by atoms with van der Waals surface area (Å²) in [5.41, 5.74) is 4.44. The van der Waals surface area contributed by atoms with Gasteiger partial charge in [0.1, 0.15) is 5.82 Å². The van der Waals surface area contributed by atoms with E-state index in [2.05, 4.69) is 43.1 Å². The van der Waals surface area contributed by atoms with Crippen molar-refractivity contribution in [2.24, 2.45) is 0 Å². The maximum absolute atomic E-state index is 13.2. The molecule has 0 bridgehead atoms. The van der Waals surface area contributed by atoms with E-state index in [1.165, 1.54) is 11.6 Å². The van der Waals surface area contributed by atoms with Crippen molar-refractivity contribution in [2.75, 3.05) is 0 Å². The Labute approximate surface area is 112 Å². The molecule has 0 atom stereocenters. The summed E-state index contributed by atoms with van der Waals surface area (Å²) in [4.78, 5) is 3.32. The van der Waals surface area contributed by atoms with Crippen LogP contribution in [0, 0.1) is 5.82 Å². The number of rotatable bonds is 2. The van der Waals surface area contributed by atoms with Gasteiger partial charge in [-0.2, -0.15) is 0 Å². The first-order valence-corrected chi connectivity index (χ1v) is 6.52. The van der Waals surface area contributed by atoms with E-state index in [9.17, 15) is 4.39 Å². The third-order valence-corrected chi connectivity index (χ3v) is 3.47. The highest BCUT2D eigenvalue weighted by Gasteiger charge is 2.05. The number of halogens is 1. The summed E-state index contributed by atoms with van der Waals surface area (Å²) in [7, 11) is 0. The molecule has 0 amide bonds. The van der Waals surface area contributed by atoms with Gasteiger partial charge in [0.25, 0.3) is 0 Å². The highest BCUT2D eigenvalue weighted by atomic mass is 19.1. The van der Waals surface area contributed by atoms with Gasteiger partial charge in [-0.3, -0.25) is 0 Å². The Morgan fingerprint density at radius 3 is 2.37 bits per heavy atom. The molecule has 3 aromatic rings. The minimum absolute atomic E-state index is 0.201. The first-order valence-electron chi connectivity index (χ1n) is 6.52. The van der Waals surface area contributed by atoms with E-state index in [0.717, 1.165) is 22.2 Å². The van der Waals surface area contributed by atoms with E-state index < -0.39 is 0 Å². The molecular formula is C17H16FN. The largest absolute Gasteiger partial charge is 0.355 e. The minimum Gasteiger partial charge on any atom is -0.355 e. The van der Waals surface area contributed by atoms with Crippen LogP contribution in [-0.4, -0.2) is 4.98 Å². The Morgan fingerprint density at radius 2 is 1.68 bits per heavy atom. The van der Waals surface area contributed by atoms with Gasteiger partial charge in [-0.1, -0.05) is 38.1 Å². The first-order chi connectivity index (χ1) is 9.13. The van der Waals surface area contributed by atoms with Crippen LogP contribution < -0.4 is 0 Å². The van der Waals surface area contributed by atoms with Gasteiger partial charge in [-0.05, 0) is 41.3 Å². The number of nitrogens with one attached hydrogen (secondary N) is 1. The molecule has 3 rings (SSSR count). The van der Waals surface area contributed by atoms with Crippen LogP contribution in [0.2, 0.25) is 0 Å². The lowest BCUT2D eigenvalue weighted by Crippen LogP contribution is -1.86. The van der Waals surface area contributed by atoms with Gasteiger partial charge in [-0.25, -0.2) is 4.39 Å². The molecule has 1 aromatic heterocycles. The van der Waals surface area contributed by atoms with Crippen molar-refractivity contribution in [2.45, 2.75) is 19.8 Å². The maximum atomic E-state index is 13.2. The number of fused-ring (bicyclic) bond motifs is 1. The summed E-state index contributed by atoms with van der Waals surface area (Å²) in [6.45, 7) is 4.36. The molecule has 0 aliphatic carbocycles. The Morgan fingerprint density at radius 1 is 0.947 bits per heavy atom. The Balaban J connectivity index is 2.03. The van der Waals surface area contributed by atoms with E-state index in [4.69, 9.17) is 0 Å². The molecule has 2 heteroatoms. The second-order valence-corrected chi connectivity index (χ2v) is 5.19. The Hall–Kier alpha value is -2.09. The van der Waals surface area contributed by atoms with E-state index in [0.29, 0.717) is 5.92 Å². The van der Waals surface area contributed by atoms with Gasteiger partial charge in [0.2, 0.25) is 0 Å². The van der Waals surface area contributed by atoms with E-state index >= 15 is 0 Å². The van der Waals surface area contributed by atoms with Crippen LogP contribution in [0.1, 0.15) is 25.3 Å². The quantitative estimate of drug-likeness (QED) is 0.654. The van der Waals surface area contributed by atoms with E-state index in [1.807, 2.05) is 6.07 Å². The standard InChI is InChI=1S/C17H16FN/c1-11(2)12-3-5-13(6-4-12)17-10-14-9-15(18)7-8-16(14)19-17/h3-11,19H,1-2H3. The van der Waals surface area contributed by atoms with Crippen molar-refractivity contribution in [1.82, 2.24) is 4.98 Å². The third kappa shape index (κ3) is 2.26. The second-order valence-electron chi connectivity index (χ2n) is 5.19. The van der Waals surface area contributed by atoms with Crippen LogP contribution in [0.5, 0.6) is 0 Å². The topological polar surface area (TPSA) is 15.8 Å². The van der Waals surface area contributed by atoms with Gasteiger partial charge in [0, 0.05) is 16.6 Å². The second kappa shape index (κ2) is 4.54. The van der Waals surface area contributed by atoms with Crippen LogP contribution in [0.15, 0.2) is 48.5 Å². The third-order valence-electron chi connectivity index (χ3n) is 3.47. The number of aromatic nitrogens is 1. The van der Waals surface area contributed by atoms with Crippen molar-refractivity contribution in [3.63, 3.8) is 0 Å². The van der Waals surface area contributed by atoms with E-state index in [1.54, 1.807) is 12.1 Å². The molecule has 1 heterocycles. The van der Waals surface area contributed by atoms with Crippen molar-refractivity contribution in [3.8, 4) is 11.3 Å². The lowest BCUT2D eigenvalue weighted by molar-refractivity contribution is 0.630. The summed E-state index contributed by atoms with van der Waals surface area (Å²) in [6, 6.07) is 15.3. The highest BCUT2D eigenvalue weighted by molar-refractivity contribution is 5.85. The summed E-state index contributed by atoms with van der Waals surface area (Å²) in [5, 5.41) is 0.905. The predicted molar refractivity (Wildman–Crippen MR) is 77.8 cm³/mol. The Kier molecular flexibility index (Phi) is 2.86. The zero-order valence-corrected chi connectivity index (χ0v) is 11.1. The average molecular weight is 253 g/mol. The zero-order chi connectivity index (χ0) is 13.4. The number of benzene rings is 2. The van der Waals surface area contributed by atoms with Crippen LogP contribution in [0.25, 0.3) is 22.2 Å². The minimum atomic E-state index is -0.201. The average Bonchev–Trinajstić information content (AvgIpc) is 2.81. The molecule has 19 heavy (non-hydrogen) atoms. The van der Waals surface area contributed by atoms with Crippen molar-refractivity contribution in [3.05, 3.63) is 59.9 Å². The van der Waals surface area contributed by atoms with Crippen molar-refractivity contribution < 1.29 is 4.39 Å². The molecule has 2 aromatic carbocycles. The fourth-order valence-corrected chi connectivity index (χ4v) is 2.31. The van der Waals surface area contributed by atoms with Crippen LogP contribution >= 0.6 is 0 Å².